The summed E-state index contributed by atoms with van der Waals surface area (Å²) in [6.45, 7) is 1.83. The summed E-state index contributed by atoms with van der Waals surface area (Å²) in [6.07, 6.45) is 1.77. The van der Waals surface area contributed by atoms with Crippen molar-refractivity contribution in [3.63, 3.8) is 0 Å². The Bertz CT molecular complexity index is 379. The first-order valence-electron chi connectivity index (χ1n) is 4.43. The maximum atomic E-state index is 13.0. The third kappa shape index (κ3) is 3.12. The van der Waals surface area contributed by atoms with Gasteiger partial charge in [-0.05, 0) is 13.0 Å². The predicted octanol–water partition coefficient (Wildman–Crippen LogP) is 1.36. The molecule has 80 valence electrons. The average molecular weight is 211 g/mol. The molecule has 0 aliphatic heterocycles. The highest BCUT2D eigenvalue weighted by Gasteiger charge is 2.15. The van der Waals surface area contributed by atoms with Crippen LogP contribution in [0.4, 0.5) is 4.39 Å². The SMILES string of the molecule is CCOC(=O)CC(=O)c1ccncc1F. The van der Waals surface area contributed by atoms with Gasteiger partial charge >= 0.3 is 5.97 Å². The zero-order chi connectivity index (χ0) is 11.3. The summed E-state index contributed by atoms with van der Waals surface area (Å²) in [5, 5.41) is 0. The minimum absolute atomic E-state index is 0.141. The molecule has 0 N–H and O–H groups in total. The zero-order valence-corrected chi connectivity index (χ0v) is 8.20. The zero-order valence-electron chi connectivity index (χ0n) is 8.20. The number of rotatable bonds is 4. The van der Waals surface area contributed by atoms with E-state index >= 15 is 0 Å². The van der Waals surface area contributed by atoms with E-state index in [4.69, 9.17) is 0 Å². The number of aromatic nitrogens is 1. The van der Waals surface area contributed by atoms with Crippen molar-refractivity contribution < 1.29 is 18.7 Å². The van der Waals surface area contributed by atoms with Gasteiger partial charge in [0.25, 0.3) is 0 Å². The van der Waals surface area contributed by atoms with Gasteiger partial charge in [0.1, 0.15) is 6.42 Å². The number of nitrogens with zero attached hydrogens (tertiary/aromatic N) is 1. The van der Waals surface area contributed by atoms with Crippen molar-refractivity contribution in [1.82, 2.24) is 4.98 Å². The van der Waals surface area contributed by atoms with Crippen molar-refractivity contribution >= 4 is 11.8 Å². The molecule has 0 spiro atoms. The van der Waals surface area contributed by atoms with Crippen LogP contribution in [0.1, 0.15) is 23.7 Å². The molecule has 4 nitrogen and oxygen atoms in total. The Morgan fingerprint density at radius 3 is 2.87 bits per heavy atom. The van der Waals surface area contributed by atoms with Crippen LogP contribution in [-0.2, 0) is 9.53 Å². The van der Waals surface area contributed by atoms with Crippen LogP contribution in [0.2, 0.25) is 0 Å². The number of ether oxygens (including phenoxy) is 1. The van der Waals surface area contributed by atoms with Crippen molar-refractivity contribution in [1.29, 1.82) is 0 Å². The van der Waals surface area contributed by atoms with Crippen LogP contribution < -0.4 is 0 Å². The molecule has 0 saturated heterocycles. The molecule has 1 aromatic heterocycles. The Balaban J connectivity index is 2.70. The second kappa shape index (κ2) is 5.19. The van der Waals surface area contributed by atoms with Gasteiger partial charge in [-0.15, -0.1) is 0 Å². The lowest BCUT2D eigenvalue weighted by Gasteiger charge is -2.01. The molecule has 1 aromatic rings. The lowest BCUT2D eigenvalue weighted by Crippen LogP contribution is -2.12. The van der Waals surface area contributed by atoms with Gasteiger partial charge in [-0.1, -0.05) is 0 Å². The van der Waals surface area contributed by atoms with E-state index in [0.717, 1.165) is 6.20 Å². The molecular weight excluding hydrogens is 201 g/mol. The van der Waals surface area contributed by atoms with Gasteiger partial charge in [0.2, 0.25) is 0 Å². The summed E-state index contributed by atoms with van der Waals surface area (Å²) < 4.78 is 17.6. The van der Waals surface area contributed by atoms with E-state index in [1.54, 1.807) is 6.92 Å². The van der Waals surface area contributed by atoms with Gasteiger partial charge in [0.05, 0.1) is 18.4 Å². The van der Waals surface area contributed by atoms with Crippen molar-refractivity contribution in [3.05, 3.63) is 29.8 Å². The number of halogens is 1. The lowest BCUT2D eigenvalue weighted by atomic mass is 10.1. The quantitative estimate of drug-likeness (QED) is 0.428. The molecular formula is C10H10FNO3. The van der Waals surface area contributed by atoms with Crippen LogP contribution in [0.15, 0.2) is 18.5 Å². The molecule has 15 heavy (non-hydrogen) atoms. The van der Waals surface area contributed by atoms with Crippen molar-refractivity contribution in [3.8, 4) is 0 Å². The molecule has 1 heterocycles. The van der Waals surface area contributed by atoms with Gasteiger partial charge in [-0.2, -0.15) is 0 Å². The predicted molar refractivity (Wildman–Crippen MR) is 49.8 cm³/mol. The fraction of sp³-hybridized carbons (Fsp3) is 0.300. The van der Waals surface area contributed by atoms with Crippen LogP contribution in [0.5, 0.6) is 0 Å². The summed E-state index contributed by atoms with van der Waals surface area (Å²) in [5.74, 6) is -1.99. The van der Waals surface area contributed by atoms with Gasteiger partial charge in [0.15, 0.2) is 11.6 Å². The molecule has 5 heteroatoms. The standard InChI is InChI=1S/C10H10FNO3/c1-2-15-10(14)5-9(13)7-3-4-12-6-8(7)11/h3-4,6H,2,5H2,1H3. The maximum absolute atomic E-state index is 13.0. The summed E-state index contributed by atoms with van der Waals surface area (Å²) in [5.41, 5.74) is -0.141. The Kier molecular flexibility index (Phi) is 3.91. The second-order valence-corrected chi connectivity index (χ2v) is 2.76. The van der Waals surface area contributed by atoms with Crippen molar-refractivity contribution in [2.45, 2.75) is 13.3 Å². The number of pyridine rings is 1. The minimum atomic E-state index is -0.730. The molecule has 0 unspecified atom stereocenters. The van der Waals surface area contributed by atoms with Crippen molar-refractivity contribution in [2.24, 2.45) is 0 Å². The second-order valence-electron chi connectivity index (χ2n) is 2.76. The van der Waals surface area contributed by atoms with E-state index in [9.17, 15) is 14.0 Å². The van der Waals surface area contributed by atoms with E-state index < -0.39 is 24.0 Å². The summed E-state index contributed by atoms with van der Waals surface area (Å²) in [7, 11) is 0. The molecule has 0 bridgehead atoms. The van der Waals surface area contributed by atoms with E-state index in [0.29, 0.717) is 0 Å². The average Bonchev–Trinajstić information content (AvgIpc) is 2.18. The first-order chi connectivity index (χ1) is 7.15. The monoisotopic (exact) mass is 211 g/mol. The van der Waals surface area contributed by atoms with Gasteiger partial charge < -0.3 is 4.74 Å². The first kappa shape index (κ1) is 11.3. The number of carbonyl (C=O) groups excluding carboxylic acids is 2. The minimum Gasteiger partial charge on any atom is -0.466 e. The van der Waals surface area contributed by atoms with Crippen LogP contribution >= 0.6 is 0 Å². The molecule has 0 aliphatic carbocycles. The summed E-state index contributed by atoms with van der Waals surface area (Å²) in [6, 6.07) is 1.23. The van der Waals surface area contributed by atoms with Crippen LogP contribution in [-0.4, -0.2) is 23.3 Å². The van der Waals surface area contributed by atoms with Crippen LogP contribution in [0.25, 0.3) is 0 Å². The Hall–Kier alpha value is -1.78. The normalized spacial score (nSPS) is 9.73. The highest BCUT2D eigenvalue weighted by Crippen LogP contribution is 2.08. The summed E-state index contributed by atoms with van der Waals surface area (Å²) in [4.78, 5) is 25.8. The molecule has 0 amide bonds. The van der Waals surface area contributed by atoms with E-state index in [1.807, 2.05) is 0 Å². The third-order valence-corrected chi connectivity index (χ3v) is 1.68. The fourth-order valence-corrected chi connectivity index (χ4v) is 1.04. The molecule has 0 radical (unpaired) electrons. The number of hydrogen-bond donors (Lipinski definition) is 0. The lowest BCUT2D eigenvalue weighted by molar-refractivity contribution is -0.141. The van der Waals surface area contributed by atoms with Gasteiger partial charge in [-0.3, -0.25) is 14.6 Å². The number of esters is 1. The van der Waals surface area contributed by atoms with Crippen molar-refractivity contribution in [2.75, 3.05) is 6.61 Å². The van der Waals surface area contributed by atoms with E-state index in [2.05, 4.69) is 9.72 Å². The molecule has 0 aliphatic rings. The Morgan fingerprint density at radius 1 is 1.53 bits per heavy atom. The van der Waals surface area contributed by atoms with Gasteiger partial charge in [-0.25, -0.2) is 4.39 Å². The van der Waals surface area contributed by atoms with E-state index in [1.165, 1.54) is 12.3 Å². The molecule has 1 rings (SSSR count). The number of hydrogen-bond acceptors (Lipinski definition) is 4. The fourth-order valence-electron chi connectivity index (χ4n) is 1.04. The largest absolute Gasteiger partial charge is 0.466 e. The Labute approximate surface area is 86.1 Å². The molecule has 0 fully saturated rings. The molecule has 0 saturated carbocycles. The topological polar surface area (TPSA) is 56.3 Å². The van der Waals surface area contributed by atoms with Crippen LogP contribution in [0.3, 0.4) is 0 Å². The smallest absolute Gasteiger partial charge is 0.313 e. The number of Topliss-reactive ketones (excluding diaryl/α,β-unsaturated/α-hetero) is 1. The van der Waals surface area contributed by atoms with Gasteiger partial charge in [0, 0.05) is 6.20 Å². The molecule has 0 aromatic carbocycles. The highest BCUT2D eigenvalue weighted by molar-refractivity contribution is 6.05. The Morgan fingerprint density at radius 2 is 2.27 bits per heavy atom. The first-order valence-corrected chi connectivity index (χ1v) is 4.43. The van der Waals surface area contributed by atoms with E-state index in [-0.39, 0.29) is 12.2 Å². The third-order valence-electron chi connectivity index (χ3n) is 1.68. The number of ketones is 1. The molecule has 0 atom stereocenters. The maximum Gasteiger partial charge on any atom is 0.313 e. The summed E-state index contributed by atoms with van der Waals surface area (Å²) >= 11 is 0. The van der Waals surface area contributed by atoms with Crippen LogP contribution in [0, 0.1) is 5.82 Å². The highest BCUT2D eigenvalue weighted by atomic mass is 19.1. The number of carbonyl (C=O) groups is 2.